The van der Waals surface area contributed by atoms with Crippen LogP contribution in [-0.2, 0) is 0 Å². The Labute approximate surface area is 81.7 Å². The van der Waals surface area contributed by atoms with Crippen molar-refractivity contribution in [2.24, 2.45) is 0 Å². The van der Waals surface area contributed by atoms with Gasteiger partial charge in [-0.15, -0.1) is 0 Å². The molecule has 0 aromatic carbocycles. The molecule has 0 unspecified atom stereocenters. The summed E-state index contributed by atoms with van der Waals surface area (Å²) in [7, 11) is 0. The highest BCUT2D eigenvalue weighted by atomic mass is 35.5. The number of ether oxygens (including phenoxy) is 1. The molecule has 3 nitrogen and oxygen atoms in total. The number of nitrogens with zero attached hydrogens (tertiary/aromatic N) is 1. The number of rotatable bonds is 3. The van der Waals surface area contributed by atoms with E-state index in [9.17, 15) is 4.79 Å². The molecule has 0 aliphatic carbocycles. The third-order valence-corrected chi connectivity index (χ3v) is 1.66. The van der Waals surface area contributed by atoms with Crippen molar-refractivity contribution in [3.8, 4) is 5.75 Å². The predicted molar refractivity (Wildman–Crippen MR) is 50.4 cm³/mol. The van der Waals surface area contributed by atoms with Gasteiger partial charge in [0.15, 0.2) is 6.29 Å². The third-order valence-electron chi connectivity index (χ3n) is 1.34. The molecule has 0 spiro atoms. The quantitative estimate of drug-likeness (QED) is 0.554. The van der Waals surface area contributed by atoms with Gasteiger partial charge in [0.05, 0.1) is 17.9 Å². The van der Waals surface area contributed by atoms with Crippen LogP contribution in [0.4, 0.5) is 0 Å². The molecule has 0 bridgehead atoms. The maximum absolute atomic E-state index is 10.5. The number of hydrogen-bond acceptors (Lipinski definition) is 3. The number of pyridine rings is 1. The zero-order chi connectivity index (χ0) is 9.84. The maximum Gasteiger partial charge on any atom is 0.153 e. The van der Waals surface area contributed by atoms with Crippen LogP contribution in [-0.4, -0.2) is 17.4 Å². The molecule has 0 radical (unpaired) electrons. The molecule has 0 aliphatic heterocycles. The van der Waals surface area contributed by atoms with Gasteiger partial charge in [0.1, 0.15) is 10.9 Å². The fraction of sp³-hybridized carbons (Fsp3) is 0.333. The summed E-state index contributed by atoms with van der Waals surface area (Å²) in [5.41, 5.74) is 0.347. The zero-order valence-electron chi connectivity index (χ0n) is 7.45. The summed E-state index contributed by atoms with van der Waals surface area (Å²) in [6, 6.07) is 1.57. The van der Waals surface area contributed by atoms with Gasteiger partial charge in [-0.3, -0.25) is 4.79 Å². The highest BCUT2D eigenvalue weighted by Gasteiger charge is 2.04. The number of hydrogen-bond donors (Lipinski definition) is 0. The summed E-state index contributed by atoms with van der Waals surface area (Å²) in [6.07, 6.45) is 2.21. The summed E-state index contributed by atoms with van der Waals surface area (Å²) >= 11 is 5.63. The van der Waals surface area contributed by atoms with Gasteiger partial charge in [-0.25, -0.2) is 4.98 Å². The van der Waals surface area contributed by atoms with Gasteiger partial charge in [0.2, 0.25) is 0 Å². The van der Waals surface area contributed by atoms with Crippen LogP contribution in [0.5, 0.6) is 5.75 Å². The van der Waals surface area contributed by atoms with Crippen LogP contribution < -0.4 is 4.74 Å². The van der Waals surface area contributed by atoms with Crippen LogP contribution in [0, 0.1) is 0 Å². The Morgan fingerprint density at radius 2 is 2.31 bits per heavy atom. The van der Waals surface area contributed by atoms with Crippen molar-refractivity contribution in [1.82, 2.24) is 4.98 Å². The summed E-state index contributed by atoms with van der Waals surface area (Å²) in [6.45, 7) is 3.80. The fourth-order valence-electron chi connectivity index (χ4n) is 0.864. The van der Waals surface area contributed by atoms with Gasteiger partial charge >= 0.3 is 0 Å². The predicted octanol–water partition coefficient (Wildman–Crippen LogP) is 2.33. The average molecular weight is 200 g/mol. The summed E-state index contributed by atoms with van der Waals surface area (Å²) in [4.78, 5) is 14.3. The first-order valence-electron chi connectivity index (χ1n) is 3.91. The first-order valence-corrected chi connectivity index (χ1v) is 4.28. The molecule has 13 heavy (non-hydrogen) atoms. The number of aldehydes is 1. The van der Waals surface area contributed by atoms with E-state index < -0.39 is 0 Å². The van der Waals surface area contributed by atoms with Crippen molar-refractivity contribution in [2.75, 3.05) is 0 Å². The van der Waals surface area contributed by atoms with Crippen LogP contribution in [0.1, 0.15) is 24.2 Å². The van der Waals surface area contributed by atoms with Crippen LogP contribution in [0.25, 0.3) is 0 Å². The molecule has 0 fully saturated rings. The first-order chi connectivity index (χ1) is 6.13. The Bertz CT molecular complexity index is 312. The Morgan fingerprint density at radius 1 is 1.62 bits per heavy atom. The maximum atomic E-state index is 10.5. The van der Waals surface area contributed by atoms with Crippen molar-refractivity contribution < 1.29 is 9.53 Å². The van der Waals surface area contributed by atoms with Gasteiger partial charge < -0.3 is 4.74 Å². The Balaban J connectivity index is 2.92. The lowest BCUT2D eigenvalue weighted by Gasteiger charge is -2.09. The molecular weight excluding hydrogens is 190 g/mol. The molecule has 1 rings (SSSR count). The average Bonchev–Trinajstić information content (AvgIpc) is 2.07. The highest BCUT2D eigenvalue weighted by molar-refractivity contribution is 6.31. The lowest BCUT2D eigenvalue weighted by molar-refractivity contribution is 0.112. The minimum absolute atomic E-state index is 0.0578. The van der Waals surface area contributed by atoms with E-state index in [1.54, 1.807) is 6.07 Å². The van der Waals surface area contributed by atoms with Crippen LogP contribution in [0.3, 0.4) is 0 Å². The lowest BCUT2D eigenvalue weighted by atomic mass is 10.3. The second-order valence-corrected chi connectivity index (χ2v) is 3.19. The molecule has 1 aromatic rings. The smallest absolute Gasteiger partial charge is 0.153 e. The molecule has 0 atom stereocenters. The fourth-order valence-corrected chi connectivity index (χ4v) is 1.01. The van der Waals surface area contributed by atoms with E-state index in [4.69, 9.17) is 16.3 Å². The van der Waals surface area contributed by atoms with E-state index in [0.717, 1.165) is 0 Å². The summed E-state index contributed by atoms with van der Waals surface area (Å²) in [5, 5.41) is 0.200. The van der Waals surface area contributed by atoms with Crippen molar-refractivity contribution in [1.29, 1.82) is 0 Å². The van der Waals surface area contributed by atoms with Crippen LogP contribution in [0.15, 0.2) is 12.3 Å². The number of aromatic nitrogens is 1. The van der Waals surface area contributed by atoms with Gasteiger partial charge in [-0.05, 0) is 19.9 Å². The molecule has 0 N–H and O–H groups in total. The SMILES string of the molecule is CC(C)Oc1cnc(Cl)c(C=O)c1. The Hall–Kier alpha value is -1.09. The van der Waals surface area contributed by atoms with E-state index in [2.05, 4.69) is 4.98 Å². The molecule has 0 saturated heterocycles. The normalized spacial score (nSPS) is 10.2. The molecule has 1 aromatic heterocycles. The van der Waals surface area contributed by atoms with Crippen LogP contribution >= 0.6 is 11.6 Å². The standard InChI is InChI=1S/C9H10ClNO2/c1-6(2)13-8-3-7(5-12)9(10)11-4-8/h3-6H,1-2H3. The minimum atomic E-state index is 0.0578. The minimum Gasteiger partial charge on any atom is -0.489 e. The molecule has 1 heterocycles. The number of halogens is 1. The lowest BCUT2D eigenvalue weighted by Crippen LogP contribution is -2.06. The molecule has 70 valence electrons. The third kappa shape index (κ3) is 2.70. The number of carbonyl (C=O) groups excluding carboxylic acids is 1. The monoisotopic (exact) mass is 199 g/mol. The topological polar surface area (TPSA) is 39.2 Å². The van der Waals surface area contributed by atoms with E-state index in [0.29, 0.717) is 17.6 Å². The van der Waals surface area contributed by atoms with Gasteiger partial charge in [-0.1, -0.05) is 11.6 Å². The second-order valence-electron chi connectivity index (χ2n) is 2.84. The molecule has 0 aliphatic rings. The summed E-state index contributed by atoms with van der Waals surface area (Å²) < 4.78 is 5.33. The Kier molecular flexibility index (Phi) is 3.25. The van der Waals surface area contributed by atoms with Gasteiger partial charge in [0, 0.05) is 0 Å². The highest BCUT2D eigenvalue weighted by Crippen LogP contribution is 2.18. The molecule has 0 saturated carbocycles. The van der Waals surface area contributed by atoms with Crippen molar-refractivity contribution in [3.63, 3.8) is 0 Å². The van der Waals surface area contributed by atoms with Crippen molar-refractivity contribution in [3.05, 3.63) is 23.0 Å². The zero-order valence-corrected chi connectivity index (χ0v) is 8.21. The Morgan fingerprint density at radius 3 is 2.85 bits per heavy atom. The number of carbonyl (C=O) groups is 1. The van der Waals surface area contributed by atoms with E-state index >= 15 is 0 Å². The van der Waals surface area contributed by atoms with Crippen molar-refractivity contribution >= 4 is 17.9 Å². The molecular formula is C9H10ClNO2. The largest absolute Gasteiger partial charge is 0.489 e. The van der Waals surface area contributed by atoms with Crippen molar-refractivity contribution in [2.45, 2.75) is 20.0 Å². The van der Waals surface area contributed by atoms with E-state index in [1.807, 2.05) is 13.8 Å². The van der Waals surface area contributed by atoms with Gasteiger partial charge in [0.25, 0.3) is 0 Å². The molecule has 4 heteroatoms. The van der Waals surface area contributed by atoms with E-state index in [1.165, 1.54) is 6.20 Å². The first kappa shape index (κ1) is 9.99. The molecule has 0 amide bonds. The second kappa shape index (κ2) is 4.23. The van der Waals surface area contributed by atoms with Crippen LogP contribution in [0.2, 0.25) is 5.15 Å². The van der Waals surface area contributed by atoms with Gasteiger partial charge in [-0.2, -0.15) is 0 Å². The summed E-state index contributed by atoms with van der Waals surface area (Å²) in [5.74, 6) is 0.557. The van der Waals surface area contributed by atoms with E-state index in [-0.39, 0.29) is 11.3 Å².